The predicted molar refractivity (Wildman–Crippen MR) is 64.2 cm³/mol. The summed E-state index contributed by atoms with van der Waals surface area (Å²) in [5.74, 6) is 1.09. The molecule has 0 aromatic rings. The molecule has 0 spiro atoms. The average Bonchev–Trinajstić information content (AvgIpc) is 2.73. The molecule has 2 heterocycles. The van der Waals surface area contributed by atoms with Crippen LogP contribution in [0.1, 0.15) is 39.0 Å². The van der Waals surface area contributed by atoms with Gasteiger partial charge in [0, 0.05) is 11.0 Å². The number of urea groups is 1. The smallest absolute Gasteiger partial charge is 0.315 e. The maximum absolute atomic E-state index is 11.1. The van der Waals surface area contributed by atoms with Crippen molar-refractivity contribution in [1.82, 2.24) is 10.6 Å². The van der Waals surface area contributed by atoms with Gasteiger partial charge < -0.3 is 10.6 Å². The second-order valence-corrected chi connectivity index (χ2v) is 5.74. The number of amides is 2. The van der Waals surface area contributed by atoms with E-state index in [2.05, 4.69) is 17.6 Å². The van der Waals surface area contributed by atoms with Crippen molar-refractivity contribution in [3.8, 4) is 0 Å². The molecule has 0 aliphatic carbocycles. The van der Waals surface area contributed by atoms with Gasteiger partial charge in [-0.05, 0) is 6.42 Å². The van der Waals surface area contributed by atoms with Gasteiger partial charge in [-0.2, -0.15) is 11.8 Å². The highest BCUT2D eigenvalue weighted by atomic mass is 32.2. The molecule has 2 aliphatic heterocycles. The van der Waals surface area contributed by atoms with Gasteiger partial charge >= 0.3 is 6.03 Å². The zero-order chi connectivity index (χ0) is 10.7. The van der Waals surface area contributed by atoms with Crippen LogP contribution in [0.5, 0.6) is 0 Å². The highest BCUT2D eigenvalue weighted by Gasteiger charge is 2.42. The van der Waals surface area contributed by atoms with E-state index in [4.69, 9.17) is 0 Å². The molecular weight excluding hydrogens is 208 g/mol. The van der Waals surface area contributed by atoms with Crippen molar-refractivity contribution in [2.75, 3.05) is 5.75 Å². The van der Waals surface area contributed by atoms with E-state index >= 15 is 0 Å². The molecule has 15 heavy (non-hydrogen) atoms. The Morgan fingerprint density at radius 2 is 2.20 bits per heavy atom. The number of thioether (sulfide) groups is 1. The predicted octanol–water partition coefficient (Wildman–Crippen LogP) is 2.12. The Bertz CT molecular complexity index is 235. The molecule has 0 aromatic heterocycles. The summed E-state index contributed by atoms with van der Waals surface area (Å²) in [4.78, 5) is 11.1. The van der Waals surface area contributed by atoms with Crippen LogP contribution in [0.2, 0.25) is 0 Å². The SMILES string of the molecule is CCCCCC[C@@H]1SC[C@@H]2NC(=O)N[C@@H]21. The molecule has 3 nitrogen and oxygen atoms in total. The molecule has 2 rings (SSSR count). The van der Waals surface area contributed by atoms with Crippen LogP contribution in [-0.4, -0.2) is 29.1 Å². The lowest BCUT2D eigenvalue weighted by Gasteiger charge is -2.16. The van der Waals surface area contributed by atoms with E-state index in [1.807, 2.05) is 11.8 Å². The van der Waals surface area contributed by atoms with Crippen LogP contribution in [0, 0.1) is 0 Å². The topological polar surface area (TPSA) is 41.1 Å². The fraction of sp³-hybridized carbons (Fsp3) is 0.909. The third-order valence-electron chi connectivity index (χ3n) is 3.28. The number of fused-ring (bicyclic) bond motifs is 1. The molecule has 0 unspecified atom stereocenters. The normalized spacial score (nSPS) is 33.7. The van der Waals surface area contributed by atoms with Crippen molar-refractivity contribution >= 4 is 17.8 Å². The Balaban J connectivity index is 1.72. The van der Waals surface area contributed by atoms with Crippen LogP contribution >= 0.6 is 11.8 Å². The van der Waals surface area contributed by atoms with Gasteiger partial charge in [0.1, 0.15) is 0 Å². The van der Waals surface area contributed by atoms with Crippen LogP contribution in [-0.2, 0) is 0 Å². The molecule has 0 saturated carbocycles. The molecule has 2 N–H and O–H groups in total. The zero-order valence-corrected chi connectivity index (χ0v) is 10.1. The van der Waals surface area contributed by atoms with E-state index in [1.54, 1.807) is 0 Å². The fourth-order valence-corrected chi connectivity index (χ4v) is 3.96. The van der Waals surface area contributed by atoms with Gasteiger partial charge in [-0.25, -0.2) is 4.79 Å². The second-order valence-electron chi connectivity index (χ2n) is 4.47. The summed E-state index contributed by atoms with van der Waals surface area (Å²) >= 11 is 2.02. The van der Waals surface area contributed by atoms with E-state index in [0.717, 1.165) is 5.75 Å². The molecule has 86 valence electrons. The molecular formula is C11H20N2OS. The summed E-state index contributed by atoms with van der Waals surface area (Å²) in [5, 5.41) is 6.66. The van der Waals surface area contributed by atoms with Crippen LogP contribution in [0.4, 0.5) is 4.79 Å². The first-order chi connectivity index (χ1) is 7.31. The van der Waals surface area contributed by atoms with E-state index < -0.39 is 0 Å². The summed E-state index contributed by atoms with van der Waals surface area (Å²) in [6.07, 6.45) is 6.54. The van der Waals surface area contributed by atoms with Crippen molar-refractivity contribution in [2.45, 2.75) is 56.4 Å². The van der Waals surface area contributed by atoms with Crippen molar-refractivity contribution in [1.29, 1.82) is 0 Å². The number of nitrogens with one attached hydrogen (secondary N) is 2. The Hall–Kier alpha value is -0.380. The number of carbonyl (C=O) groups excluding carboxylic acids is 1. The Labute approximate surface area is 95.8 Å². The van der Waals surface area contributed by atoms with Crippen LogP contribution in [0.3, 0.4) is 0 Å². The quantitative estimate of drug-likeness (QED) is 0.559. The van der Waals surface area contributed by atoms with Gasteiger partial charge in [-0.1, -0.05) is 32.6 Å². The number of rotatable bonds is 5. The first kappa shape index (κ1) is 11.1. The lowest BCUT2D eigenvalue weighted by atomic mass is 10.0. The van der Waals surface area contributed by atoms with Crippen LogP contribution in [0.25, 0.3) is 0 Å². The molecule has 0 aromatic carbocycles. The number of unbranched alkanes of at least 4 members (excludes halogenated alkanes) is 3. The van der Waals surface area contributed by atoms with Crippen molar-refractivity contribution in [3.05, 3.63) is 0 Å². The maximum Gasteiger partial charge on any atom is 0.315 e. The molecule has 2 fully saturated rings. The summed E-state index contributed by atoms with van der Waals surface area (Å²) in [5.41, 5.74) is 0. The average molecular weight is 228 g/mol. The molecule has 2 amide bonds. The minimum Gasteiger partial charge on any atom is -0.332 e. The standard InChI is InChI=1S/C11H20N2OS/c1-2-3-4-5-6-9-10-8(7-15-9)12-11(14)13-10/h8-10H,2-7H2,1H3,(H2,12,13,14)/t8-,9-,10-/m0/s1. The minimum atomic E-state index is 0.0314. The first-order valence-corrected chi connectivity index (χ1v) is 7.04. The largest absolute Gasteiger partial charge is 0.332 e. The number of hydrogen-bond donors (Lipinski definition) is 2. The monoisotopic (exact) mass is 228 g/mol. The summed E-state index contributed by atoms with van der Waals surface area (Å²) < 4.78 is 0. The highest BCUT2D eigenvalue weighted by molar-refractivity contribution is 8.00. The van der Waals surface area contributed by atoms with E-state index in [-0.39, 0.29) is 6.03 Å². The lowest BCUT2D eigenvalue weighted by molar-refractivity contribution is 0.247. The molecule has 0 bridgehead atoms. The van der Waals surface area contributed by atoms with Gasteiger partial charge in [-0.3, -0.25) is 0 Å². The van der Waals surface area contributed by atoms with Gasteiger partial charge in [-0.15, -0.1) is 0 Å². The molecule has 0 radical (unpaired) electrons. The minimum absolute atomic E-state index is 0.0314. The zero-order valence-electron chi connectivity index (χ0n) is 9.29. The Kier molecular flexibility index (Phi) is 3.78. The number of carbonyl (C=O) groups is 1. The Morgan fingerprint density at radius 3 is 3.00 bits per heavy atom. The third-order valence-corrected chi connectivity index (χ3v) is 4.79. The molecule has 3 atom stereocenters. The molecule has 2 aliphatic rings. The maximum atomic E-state index is 11.1. The fourth-order valence-electron chi connectivity index (χ4n) is 2.42. The van der Waals surface area contributed by atoms with Gasteiger partial charge in [0.15, 0.2) is 0 Å². The summed E-state index contributed by atoms with van der Waals surface area (Å²) in [7, 11) is 0. The van der Waals surface area contributed by atoms with Crippen molar-refractivity contribution < 1.29 is 4.79 Å². The van der Waals surface area contributed by atoms with E-state index in [9.17, 15) is 4.79 Å². The van der Waals surface area contributed by atoms with E-state index in [0.29, 0.717) is 17.3 Å². The Morgan fingerprint density at radius 1 is 1.33 bits per heavy atom. The molecule has 2 saturated heterocycles. The molecule has 4 heteroatoms. The summed E-state index contributed by atoms with van der Waals surface area (Å²) in [6, 6.07) is 0.812. The van der Waals surface area contributed by atoms with Gasteiger partial charge in [0.2, 0.25) is 0 Å². The third kappa shape index (κ3) is 2.60. The summed E-state index contributed by atoms with van der Waals surface area (Å²) in [6.45, 7) is 2.24. The van der Waals surface area contributed by atoms with Gasteiger partial charge in [0.25, 0.3) is 0 Å². The first-order valence-electron chi connectivity index (χ1n) is 6.00. The lowest BCUT2D eigenvalue weighted by Crippen LogP contribution is -2.36. The number of hydrogen-bond acceptors (Lipinski definition) is 2. The van der Waals surface area contributed by atoms with Crippen molar-refractivity contribution in [3.63, 3.8) is 0 Å². The van der Waals surface area contributed by atoms with Crippen molar-refractivity contribution in [2.24, 2.45) is 0 Å². The second kappa shape index (κ2) is 5.10. The van der Waals surface area contributed by atoms with Crippen LogP contribution in [0.15, 0.2) is 0 Å². The van der Waals surface area contributed by atoms with Crippen LogP contribution < -0.4 is 10.6 Å². The van der Waals surface area contributed by atoms with E-state index in [1.165, 1.54) is 32.1 Å². The highest BCUT2D eigenvalue weighted by Crippen LogP contribution is 2.33. The van der Waals surface area contributed by atoms with Gasteiger partial charge in [0.05, 0.1) is 12.1 Å².